The van der Waals surface area contributed by atoms with E-state index >= 15 is 0 Å². The van der Waals surface area contributed by atoms with Crippen LogP contribution in [0.15, 0.2) is 42.6 Å². The predicted molar refractivity (Wildman–Crippen MR) is 91.2 cm³/mol. The third-order valence-corrected chi connectivity index (χ3v) is 4.26. The van der Waals surface area contributed by atoms with Gasteiger partial charge in [-0.25, -0.2) is 9.78 Å². The maximum absolute atomic E-state index is 12.8. The second-order valence-corrected chi connectivity index (χ2v) is 6.19. The summed E-state index contributed by atoms with van der Waals surface area (Å²) in [5.41, 5.74) is 2.26. The summed E-state index contributed by atoms with van der Waals surface area (Å²) in [6.45, 7) is 3.56. The summed E-state index contributed by atoms with van der Waals surface area (Å²) in [6.07, 6.45) is 1.24. The Morgan fingerprint density at radius 2 is 2.04 bits per heavy atom. The van der Waals surface area contributed by atoms with E-state index in [0.29, 0.717) is 0 Å². The minimum atomic E-state index is -0.887. The zero-order chi connectivity index (χ0) is 17.3. The molecule has 0 bridgehead atoms. The number of rotatable bonds is 3. The van der Waals surface area contributed by atoms with Crippen molar-refractivity contribution in [1.82, 2.24) is 4.98 Å². The van der Waals surface area contributed by atoms with Crippen molar-refractivity contribution in [2.24, 2.45) is 0 Å². The highest BCUT2D eigenvalue weighted by Crippen LogP contribution is 2.32. The highest BCUT2D eigenvalue weighted by atomic mass is 35.5. The molecular formula is C18H17ClN2O3. The maximum atomic E-state index is 12.8. The Morgan fingerprint density at radius 1 is 1.29 bits per heavy atom. The van der Waals surface area contributed by atoms with Gasteiger partial charge in [0.15, 0.2) is 6.10 Å². The molecule has 2 aromatic rings. The first-order valence-electron chi connectivity index (χ1n) is 7.71. The number of benzene rings is 1. The van der Waals surface area contributed by atoms with Crippen LogP contribution in [0.5, 0.6) is 0 Å². The van der Waals surface area contributed by atoms with Gasteiger partial charge in [-0.05, 0) is 44.0 Å². The van der Waals surface area contributed by atoms with Gasteiger partial charge in [0.2, 0.25) is 0 Å². The molecule has 0 unspecified atom stereocenters. The lowest BCUT2D eigenvalue weighted by atomic mass is 10.1. The van der Waals surface area contributed by atoms with Gasteiger partial charge < -0.3 is 9.64 Å². The summed E-state index contributed by atoms with van der Waals surface area (Å²) >= 11 is 5.70. The Kier molecular flexibility index (Phi) is 4.53. The summed E-state index contributed by atoms with van der Waals surface area (Å²) in [6, 6.07) is 10.8. The van der Waals surface area contributed by atoms with Crippen molar-refractivity contribution < 1.29 is 14.3 Å². The van der Waals surface area contributed by atoms with Crippen LogP contribution in [0.4, 0.5) is 5.69 Å². The molecule has 0 saturated carbocycles. The fraction of sp³-hybridized carbons (Fsp3) is 0.278. The van der Waals surface area contributed by atoms with Gasteiger partial charge in [-0.1, -0.05) is 29.8 Å². The molecule has 1 amide bonds. The topological polar surface area (TPSA) is 59.5 Å². The first-order valence-corrected chi connectivity index (χ1v) is 8.08. The minimum Gasteiger partial charge on any atom is -0.449 e. The van der Waals surface area contributed by atoms with Crippen LogP contribution >= 0.6 is 11.6 Å². The molecule has 124 valence electrons. The van der Waals surface area contributed by atoms with Crippen LogP contribution in [0.25, 0.3) is 0 Å². The van der Waals surface area contributed by atoms with E-state index in [4.69, 9.17) is 16.3 Å². The van der Waals surface area contributed by atoms with Crippen LogP contribution in [0.3, 0.4) is 0 Å². The van der Waals surface area contributed by atoms with Gasteiger partial charge in [-0.3, -0.25) is 4.79 Å². The van der Waals surface area contributed by atoms with Crippen molar-refractivity contribution >= 4 is 29.2 Å². The van der Waals surface area contributed by atoms with Crippen molar-refractivity contribution in [3.63, 3.8) is 0 Å². The third-order valence-electron chi connectivity index (χ3n) is 4.04. The molecule has 1 aliphatic rings. The van der Waals surface area contributed by atoms with Gasteiger partial charge in [-0.2, -0.15) is 0 Å². The predicted octanol–water partition coefficient (Wildman–Crippen LogP) is 3.26. The Labute approximate surface area is 145 Å². The van der Waals surface area contributed by atoms with Crippen LogP contribution in [0, 0.1) is 0 Å². The molecule has 0 spiro atoms. The average molecular weight is 345 g/mol. The normalized spacial score (nSPS) is 17.3. The summed E-state index contributed by atoms with van der Waals surface area (Å²) in [5.74, 6) is -0.831. The average Bonchev–Trinajstić information content (AvgIpc) is 2.90. The molecule has 0 radical (unpaired) electrons. The number of nitrogens with zero attached hydrogens (tertiary/aromatic N) is 2. The Bertz CT molecular complexity index is 776. The molecule has 2 atom stereocenters. The third kappa shape index (κ3) is 3.12. The summed E-state index contributed by atoms with van der Waals surface area (Å²) in [4.78, 5) is 30.4. The van der Waals surface area contributed by atoms with Crippen LogP contribution in [0.2, 0.25) is 5.15 Å². The lowest BCUT2D eigenvalue weighted by Crippen LogP contribution is -2.43. The van der Waals surface area contributed by atoms with Gasteiger partial charge in [0.1, 0.15) is 5.15 Å². The number of carbonyl (C=O) groups excluding carboxylic acids is 2. The summed E-state index contributed by atoms with van der Waals surface area (Å²) < 4.78 is 5.30. The van der Waals surface area contributed by atoms with Gasteiger partial charge in [0.25, 0.3) is 5.91 Å². The van der Waals surface area contributed by atoms with Crippen molar-refractivity contribution in [3.05, 3.63) is 58.9 Å². The van der Waals surface area contributed by atoms with Gasteiger partial charge >= 0.3 is 5.97 Å². The molecule has 0 saturated heterocycles. The highest BCUT2D eigenvalue weighted by Gasteiger charge is 2.34. The second-order valence-electron chi connectivity index (χ2n) is 5.81. The van der Waals surface area contributed by atoms with Crippen molar-refractivity contribution in [1.29, 1.82) is 0 Å². The Hall–Kier alpha value is -2.40. The molecule has 24 heavy (non-hydrogen) atoms. The number of ether oxygens (including phenoxy) is 1. The summed E-state index contributed by atoms with van der Waals surface area (Å²) in [5, 5.41) is 0.290. The molecule has 1 aromatic carbocycles. The second kappa shape index (κ2) is 6.61. The molecule has 1 aromatic heterocycles. The highest BCUT2D eigenvalue weighted by molar-refractivity contribution is 6.29. The molecule has 0 fully saturated rings. The number of anilines is 1. The van der Waals surface area contributed by atoms with E-state index in [0.717, 1.165) is 17.7 Å². The van der Waals surface area contributed by atoms with E-state index in [9.17, 15) is 9.59 Å². The number of hydrogen-bond donors (Lipinski definition) is 0. The SMILES string of the molecule is C[C@H](OC(=O)c1ccc(Cl)nc1)C(=O)N1c2ccccc2C[C@@H]1C. The molecule has 5 nitrogen and oxygen atoms in total. The number of halogens is 1. The van der Waals surface area contributed by atoms with Gasteiger partial charge in [-0.15, -0.1) is 0 Å². The molecular weight excluding hydrogens is 328 g/mol. The minimum absolute atomic E-state index is 0.0354. The molecule has 1 aliphatic heterocycles. The fourth-order valence-corrected chi connectivity index (χ4v) is 2.98. The number of pyridine rings is 1. The van der Waals surface area contributed by atoms with E-state index in [2.05, 4.69) is 4.98 Å². The quantitative estimate of drug-likeness (QED) is 0.633. The zero-order valence-corrected chi connectivity index (χ0v) is 14.2. The molecule has 0 aliphatic carbocycles. The van der Waals surface area contributed by atoms with Gasteiger partial charge in [0.05, 0.1) is 5.56 Å². The van der Waals surface area contributed by atoms with E-state index in [-0.39, 0.29) is 22.7 Å². The van der Waals surface area contributed by atoms with Crippen molar-refractivity contribution in [3.8, 4) is 0 Å². The maximum Gasteiger partial charge on any atom is 0.340 e. The Morgan fingerprint density at radius 3 is 2.75 bits per heavy atom. The molecule has 2 heterocycles. The lowest BCUT2D eigenvalue weighted by molar-refractivity contribution is -0.126. The van der Waals surface area contributed by atoms with Crippen LogP contribution < -0.4 is 4.90 Å². The first-order chi connectivity index (χ1) is 11.5. The molecule has 0 N–H and O–H groups in total. The number of carbonyl (C=O) groups is 2. The standard InChI is InChI=1S/C18H17ClN2O3/c1-11-9-13-5-3-4-6-15(13)21(11)17(22)12(2)24-18(23)14-7-8-16(19)20-10-14/h3-8,10-12H,9H2,1-2H3/t11-,12-/m0/s1. The molecule has 3 rings (SSSR count). The van der Waals surface area contributed by atoms with Crippen LogP contribution in [-0.2, 0) is 16.0 Å². The van der Waals surface area contributed by atoms with E-state index in [1.165, 1.54) is 18.3 Å². The van der Waals surface area contributed by atoms with Crippen molar-refractivity contribution in [2.75, 3.05) is 4.90 Å². The van der Waals surface area contributed by atoms with Gasteiger partial charge in [0, 0.05) is 17.9 Å². The molecule has 6 heteroatoms. The number of aromatic nitrogens is 1. The van der Waals surface area contributed by atoms with E-state index in [1.54, 1.807) is 11.8 Å². The number of amides is 1. The number of hydrogen-bond acceptors (Lipinski definition) is 4. The lowest BCUT2D eigenvalue weighted by Gasteiger charge is -2.25. The largest absolute Gasteiger partial charge is 0.449 e. The van der Waals surface area contributed by atoms with Crippen molar-refractivity contribution in [2.45, 2.75) is 32.4 Å². The smallest absolute Gasteiger partial charge is 0.340 e. The fourth-order valence-electron chi connectivity index (χ4n) is 2.87. The van der Waals surface area contributed by atoms with E-state index < -0.39 is 12.1 Å². The monoisotopic (exact) mass is 344 g/mol. The number of para-hydroxylation sites is 1. The first kappa shape index (κ1) is 16.5. The van der Waals surface area contributed by atoms with E-state index in [1.807, 2.05) is 31.2 Å². The number of fused-ring (bicyclic) bond motifs is 1. The number of esters is 1. The Balaban J connectivity index is 1.73. The zero-order valence-electron chi connectivity index (χ0n) is 13.4. The van der Waals surface area contributed by atoms with Crippen LogP contribution in [-0.4, -0.2) is 29.0 Å². The summed E-state index contributed by atoms with van der Waals surface area (Å²) in [7, 11) is 0. The van der Waals surface area contributed by atoms with Crippen LogP contribution in [0.1, 0.15) is 29.8 Å².